The van der Waals surface area contributed by atoms with Crippen molar-refractivity contribution in [3.05, 3.63) is 98.4 Å². The lowest BCUT2D eigenvalue weighted by Gasteiger charge is -2.30. The number of aliphatic imine (C=N–C) groups is 1. The van der Waals surface area contributed by atoms with Crippen LogP contribution in [0.4, 0.5) is 11.4 Å². The minimum Gasteiger partial charge on any atom is -0.490 e. The van der Waals surface area contributed by atoms with Gasteiger partial charge in [-0.15, -0.1) is 0 Å². The summed E-state index contributed by atoms with van der Waals surface area (Å²) in [6, 6.07) is 20.1. The molecule has 1 amide bonds. The molecule has 0 bridgehead atoms. The van der Waals surface area contributed by atoms with Crippen molar-refractivity contribution < 1.29 is 19.2 Å². The number of carbonyl (C=O) groups excluding carboxylic acids is 1. The molecule has 0 radical (unpaired) electrons. The highest BCUT2D eigenvalue weighted by Crippen LogP contribution is 2.39. The van der Waals surface area contributed by atoms with Gasteiger partial charge < -0.3 is 9.47 Å². The molecule has 1 aliphatic heterocycles. The summed E-state index contributed by atoms with van der Waals surface area (Å²) in [6.07, 6.45) is 7.31. The van der Waals surface area contributed by atoms with E-state index in [0.717, 1.165) is 47.7 Å². The van der Waals surface area contributed by atoms with Crippen molar-refractivity contribution >= 4 is 40.3 Å². The van der Waals surface area contributed by atoms with Crippen LogP contribution in [-0.2, 0) is 11.4 Å². The molecule has 0 spiro atoms. The Bertz CT molecular complexity index is 1460. The molecule has 3 aromatic rings. The maximum absolute atomic E-state index is 13.7. The Morgan fingerprint density at radius 2 is 1.73 bits per heavy atom. The van der Waals surface area contributed by atoms with Gasteiger partial charge >= 0.3 is 0 Å². The van der Waals surface area contributed by atoms with Crippen LogP contribution in [-0.4, -0.2) is 33.5 Å². The first-order chi connectivity index (χ1) is 19.9. The van der Waals surface area contributed by atoms with Crippen LogP contribution >= 0.6 is 11.8 Å². The van der Waals surface area contributed by atoms with Gasteiger partial charge in [-0.1, -0.05) is 43.0 Å². The fourth-order valence-electron chi connectivity index (χ4n) is 4.98. The summed E-state index contributed by atoms with van der Waals surface area (Å²) in [5, 5.41) is 11.6. The molecular formula is C32H33N3O5S. The topological polar surface area (TPSA) is 94.3 Å². The van der Waals surface area contributed by atoms with Gasteiger partial charge in [0, 0.05) is 18.2 Å². The number of carbonyl (C=O) groups is 1. The summed E-state index contributed by atoms with van der Waals surface area (Å²) in [5.74, 6) is 1.12. The molecule has 8 nitrogen and oxygen atoms in total. The van der Waals surface area contributed by atoms with E-state index in [1.165, 1.54) is 35.9 Å². The standard InChI is InChI=1S/C32H33N3O5S/c1-3-39-29-19-24(13-18-28(29)40-21-23-11-16-27(17-12-23)35(37)38)20-30-31(36)34(26-7-5-4-6-8-26)32(41-30)33-25-14-9-22(2)10-15-25/h9-20,26H,3-8,21H2,1-2H3/b30-20+,33-32?. The summed E-state index contributed by atoms with van der Waals surface area (Å²) in [7, 11) is 0. The summed E-state index contributed by atoms with van der Waals surface area (Å²) in [5.41, 5.74) is 3.67. The molecule has 2 aliphatic rings. The number of nitrogens with zero attached hydrogens (tertiary/aromatic N) is 3. The highest BCUT2D eigenvalue weighted by atomic mass is 32.2. The average Bonchev–Trinajstić information content (AvgIpc) is 3.28. The molecule has 0 atom stereocenters. The lowest BCUT2D eigenvalue weighted by atomic mass is 9.94. The van der Waals surface area contributed by atoms with Crippen molar-refractivity contribution in [1.29, 1.82) is 0 Å². The first-order valence-electron chi connectivity index (χ1n) is 13.9. The van der Waals surface area contributed by atoms with Gasteiger partial charge in [0.1, 0.15) is 6.61 Å². The van der Waals surface area contributed by atoms with E-state index in [1.54, 1.807) is 12.1 Å². The van der Waals surface area contributed by atoms with E-state index in [2.05, 4.69) is 0 Å². The second-order valence-electron chi connectivity index (χ2n) is 10.2. The summed E-state index contributed by atoms with van der Waals surface area (Å²) < 4.78 is 11.9. The monoisotopic (exact) mass is 571 g/mol. The summed E-state index contributed by atoms with van der Waals surface area (Å²) in [4.78, 5) is 31.6. The van der Waals surface area contributed by atoms with Gasteiger partial charge in [-0.25, -0.2) is 4.99 Å². The van der Waals surface area contributed by atoms with Crippen molar-refractivity contribution in [2.45, 2.75) is 58.6 Å². The van der Waals surface area contributed by atoms with E-state index < -0.39 is 4.92 Å². The van der Waals surface area contributed by atoms with E-state index in [9.17, 15) is 14.9 Å². The molecule has 3 aromatic carbocycles. The van der Waals surface area contributed by atoms with Gasteiger partial charge in [0.25, 0.3) is 11.6 Å². The number of amides is 1. The molecule has 0 N–H and O–H groups in total. The maximum atomic E-state index is 13.7. The van der Waals surface area contributed by atoms with Gasteiger partial charge in [-0.3, -0.25) is 19.8 Å². The van der Waals surface area contributed by atoms with E-state index >= 15 is 0 Å². The number of thioether (sulfide) groups is 1. The second kappa shape index (κ2) is 13.0. The number of ether oxygens (including phenoxy) is 2. The van der Waals surface area contributed by atoms with Crippen LogP contribution in [0.3, 0.4) is 0 Å². The van der Waals surface area contributed by atoms with E-state index in [1.807, 2.05) is 67.3 Å². The highest BCUT2D eigenvalue weighted by Gasteiger charge is 2.38. The average molecular weight is 572 g/mol. The van der Waals surface area contributed by atoms with Gasteiger partial charge in [0.2, 0.25) is 0 Å². The molecular weight excluding hydrogens is 538 g/mol. The van der Waals surface area contributed by atoms with Crippen LogP contribution in [0, 0.1) is 17.0 Å². The molecule has 0 unspecified atom stereocenters. The van der Waals surface area contributed by atoms with E-state index in [-0.39, 0.29) is 24.2 Å². The molecule has 9 heteroatoms. The van der Waals surface area contributed by atoms with Gasteiger partial charge in [-0.05, 0) is 92.1 Å². The fourth-order valence-corrected chi connectivity index (χ4v) is 6.04. The molecule has 1 saturated carbocycles. The number of amidine groups is 1. The fraction of sp³-hybridized carbons (Fsp3) is 0.312. The normalized spacial score (nSPS) is 17.8. The first kappa shape index (κ1) is 28.4. The largest absolute Gasteiger partial charge is 0.490 e. The van der Waals surface area contributed by atoms with Crippen molar-refractivity contribution in [1.82, 2.24) is 4.90 Å². The van der Waals surface area contributed by atoms with Crippen molar-refractivity contribution in [3.63, 3.8) is 0 Å². The zero-order chi connectivity index (χ0) is 28.8. The third kappa shape index (κ3) is 6.97. The molecule has 1 aliphatic carbocycles. The summed E-state index contributed by atoms with van der Waals surface area (Å²) >= 11 is 1.42. The number of non-ortho nitro benzene ring substituents is 1. The third-order valence-electron chi connectivity index (χ3n) is 7.14. The Kier molecular flexibility index (Phi) is 9.04. The zero-order valence-corrected chi connectivity index (χ0v) is 24.1. The number of nitro groups is 1. The molecule has 41 heavy (non-hydrogen) atoms. The number of nitro benzene ring substituents is 1. The smallest absolute Gasteiger partial charge is 0.269 e. The van der Waals surface area contributed by atoms with Crippen LogP contribution in [0.2, 0.25) is 0 Å². The Hall–Kier alpha value is -4.11. The van der Waals surface area contributed by atoms with Crippen LogP contribution < -0.4 is 9.47 Å². The Morgan fingerprint density at radius 3 is 2.41 bits per heavy atom. The molecule has 212 valence electrons. The summed E-state index contributed by atoms with van der Waals surface area (Å²) in [6.45, 7) is 4.63. The molecule has 1 saturated heterocycles. The zero-order valence-electron chi connectivity index (χ0n) is 23.2. The minimum atomic E-state index is -0.426. The maximum Gasteiger partial charge on any atom is 0.269 e. The van der Waals surface area contributed by atoms with Crippen LogP contribution in [0.5, 0.6) is 11.5 Å². The van der Waals surface area contributed by atoms with Crippen LogP contribution in [0.1, 0.15) is 55.7 Å². The molecule has 2 fully saturated rings. The predicted octanol–water partition coefficient (Wildman–Crippen LogP) is 7.82. The van der Waals surface area contributed by atoms with Gasteiger partial charge in [0.15, 0.2) is 16.7 Å². The number of hydrogen-bond acceptors (Lipinski definition) is 7. The molecule has 0 aromatic heterocycles. The second-order valence-corrected chi connectivity index (χ2v) is 11.2. The van der Waals surface area contributed by atoms with Gasteiger partial charge in [-0.2, -0.15) is 0 Å². The van der Waals surface area contributed by atoms with Gasteiger partial charge in [0.05, 0.1) is 22.1 Å². The molecule has 1 heterocycles. The Labute approximate surface area is 244 Å². The van der Waals surface area contributed by atoms with Crippen molar-refractivity contribution in [2.75, 3.05) is 6.61 Å². The number of benzene rings is 3. The Morgan fingerprint density at radius 1 is 1.00 bits per heavy atom. The lowest BCUT2D eigenvalue weighted by molar-refractivity contribution is -0.384. The minimum absolute atomic E-state index is 0.00998. The SMILES string of the molecule is CCOc1cc(/C=C2/SC(=Nc3ccc(C)cc3)N(C3CCCCC3)C2=O)ccc1OCc1ccc([N+](=O)[O-])cc1. The van der Waals surface area contributed by atoms with Crippen molar-refractivity contribution in [2.24, 2.45) is 4.99 Å². The number of rotatable bonds is 9. The number of hydrogen-bond donors (Lipinski definition) is 0. The third-order valence-corrected chi connectivity index (χ3v) is 8.13. The quantitative estimate of drug-likeness (QED) is 0.148. The Balaban J connectivity index is 1.38. The van der Waals surface area contributed by atoms with Crippen molar-refractivity contribution in [3.8, 4) is 11.5 Å². The highest BCUT2D eigenvalue weighted by molar-refractivity contribution is 8.18. The molecule has 5 rings (SSSR count). The van der Waals surface area contributed by atoms with E-state index in [4.69, 9.17) is 14.5 Å². The number of aryl methyl sites for hydroxylation is 1. The van der Waals surface area contributed by atoms with Crippen LogP contribution in [0.15, 0.2) is 76.6 Å². The first-order valence-corrected chi connectivity index (χ1v) is 14.7. The lowest BCUT2D eigenvalue weighted by Crippen LogP contribution is -2.40. The van der Waals surface area contributed by atoms with Crippen LogP contribution in [0.25, 0.3) is 6.08 Å². The van der Waals surface area contributed by atoms with E-state index in [0.29, 0.717) is 23.0 Å². The predicted molar refractivity (Wildman–Crippen MR) is 163 cm³/mol.